The molecule has 39 heavy (non-hydrogen) atoms. The van der Waals surface area contributed by atoms with E-state index in [2.05, 4.69) is 31.4 Å². The highest BCUT2D eigenvalue weighted by molar-refractivity contribution is 5.90. The molecule has 0 unspecified atom stereocenters. The first-order valence-electron chi connectivity index (χ1n) is 12.8. The number of amides is 1. The zero-order valence-corrected chi connectivity index (χ0v) is 23.4. The molecule has 0 radical (unpaired) electrons. The topological polar surface area (TPSA) is 157 Å². The average Bonchev–Trinajstić information content (AvgIpc) is 2.87. The Kier molecular flexibility index (Phi) is 14.3. The Morgan fingerprint density at radius 2 is 1.59 bits per heavy atom. The number of rotatable bonds is 12. The van der Waals surface area contributed by atoms with Crippen LogP contribution in [0.5, 0.6) is 0 Å². The lowest BCUT2D eigenvalue weighted by atomic mass is 9.92. The van der Waals surface area contributed by atoms with Crippen LogP contribution in [-0.2, 0) is 30.3 Å². The van der Waals surface area contributed by atoms with E-state index in [1.165, 1.54) is 7.11 Å². The lowest BCUT2D eigenvalue weighted by molar-refractivity contribution is -0.145. The fraction of sp³-hybridized carbons (Fsp3) is 0.448. The number of benzene rings is 2. The van der Waals surface area contributed by atoms with Crippen LogP contribution in [0, 0.1) is 5.41 Å². The van der Waals surface area contributed by atoms with Gasteiger partial charge >= 0.3 is 17.9 Å². The van der Waals surface area contributed by atoms with E-state index in [1.807, 2.05) is 30.3 Å². The van der Waals surface area contributed by atoms with Gasteiger partial charge in [0.25, 0.3) is 0 Å². The number of carbonyl (C=O) groups excluding carboxylic acids is 3. The third-order valence-electron chi connectivity index (χ3n) is 5.47. The summed E-state index contributed by atoms with van der Waals surface area (Å²) < 4.78 is 9.57. The van der Waals surface area contributed by atoms with Gasteiger partial charge in [0.2, 0.25) is 5.91 Å². The first-order chi connectivity index (χ1) is 18.4. The van der Waals surface area contributed by atoms with Crippen molar-refractivity contribution in [1.82, 2.24) is 10.6 Å². The van der Waals surface area contributed by atoms with Crippen LogP contribution >= 0.6 is 0 Å². The van der Waals surface area contributed by atoms with Gasteiger partial charge in [0.1, 0.15) is 6.04 Å². The van der Waals surface area contributed by atoms with Crippen molar-refractivity contribution in [2.75, 3.05) is 26.0 Å². The van der Waals surface area contributed by atoms with Gasteiger partial charge in [-0.3, -0.25) is 9.59 Å². The number of anilines is 1. The molecule has 2 aromatic carbocycles. The molecule has 5 N–H and O–H groups in total. The SMILES string of the molecule is CCOC(=O)c1ccc(N)cc1.COC(=O)[C@H](Cc1ccccc1)NC(=O)[C@H](CC(=O)O)NCCC(C)(C)C. The number of hydrogen-bond acceptors (Lipinski definition) is 8. The minimum atomic E-state index is -1.09. The standard InChI is InChI=1S/C20H30N2O5.C9H11NO2/c1-20(2,3)10-11-21-15(13-17(23)24)18(25)22-16(19(26)27-4)12-14-8-6-5-7-9-14;1-2-12-9(11)7-3-5-8(10)6-4-7/h5-9,15-16,21H,10-13H2,1-4H3,(H,22,25)(H,23,24);3-6H,2,10H2,1H3/t15-,16-;/m0./s1. The summed E-state index contributed by atoms with van der Waals surface area (Å²) in [5.74, 6) is -2.50. The largest absolute Gasteiger partial charge is 0.481 e. The predicted octanol–water partition coefficient (Wildman–Crippen LogP) is 3.20. The summed E-state index contributed by atoms with van der Waals surface area (Å²) in [5.41, 5.74) is 7.54. The van der Waals surface area contributed by atoms with E-state index in [0.29, 0.717) is 24.4 Å². The van der Waals surface area contributed by atoms with E-state index >= 15 is 0 Å². The number of carboxylic acids is 1. The predicted molar refractivity (Wildman–Crippen MR) is 149 cm³/mol. The maximum Gasteiger partial charge on any atom is 0.338 e. The first kappa shape index (κ1) is 33.1. The molecule has 1 amide bonds. The molecule has 0 aliphatic carbocycles. The van der Waals surface area contributed by atoms with Crippen molar-refractivity contribution in [3.8, 4) is 0 Å². The van der Waals surface area contributed by atoms with Crippen LogP contribution in [0.4, 0.5) is 5.69 Å². The molecule has 214 valence electrons. The normalized spacial score (nSPS) is 12.2. The van der Waals surface area contributed by atoms with E-state index in [0.717, 1.165) is 12.0 Å². The van der Waals surface area contributed by atoms with Crippen molar-refractivity contribution >= 4 is 29.5 Å². The maximum absolute atomic E-state index is 12.6. The molecular formula is C29H41N3O7. The molecule has 0 heterocycles. The van der Waals surface area contributed by atoms with Gasteiger partial charge in [0.05, 0.1) is 31.7 Å². The van der Waals surface area contributed by atoms with E-state index in [1.54, 1.807) is 31.2 Å². The summed E-state index contributed by atoms with van der Waals surface area (Å²) in [5, 5.41) is 14.7. The number of nitrogens with two attached hydrogens (primary N) is 1. The van der Waals surface area contributed by atoms with E-state index in [-0.39, 0.29) is 24.2 Å². The Labute approximate surface area is 230 Å². The summed E-state index contributed by atoms with van der Waals surface area (Å²) in [7, 11) is 1.25. The lowest BCUT2D eigenvalue weighted by Gasteiger charge is -2.23. The summed E-state index contributed by atoms with van der Waals surface area (Å²) in [4.78, 5) is 46.9. The van der Waals surface area contributed by atoms with Crippen molar-refractivity contribution in [3.63, 3.8) is 0 Å². The summed E-state index contributed by atoms with van der Waals surface area (Å²) in [6.07, 6.45) is 0.678. The zero-order chi connectivity index (χ0) is 29.4. The van der Waals surface area contributed by atoms with Crippen LogP contribution in [0.2, 0.25) is 0 Å². The fourth-order valence-corrected chi connectivity index (χ4v) is 3.34. The Morgan fingerprint density at radius 3 is 2.10 bits per heavy atom. The molecule has 0 saturated carbocycles. The minimum absolute atomic E-state index is 0.0547. The van der Waals surface area contributed by atoms with E-state index in [9.17, 15) is 19.2 Å². The highest BCUT2D eigenvalue weighted by Gasteiger charge is 2.28. The van der Waals surface area contributed by atoms with Gasteiger partial charge in [-0.25, -0.2) is 9.59 Å². The van der Waals surface area contributed by atoms with Gasteiger partial charge in [-0.05, 0) is 55.1 Å². The quantitative estimate of drug-likeness (QED) is 0.233. The maximum atomic E-state index is 12.6. The molecule has 10 nitrogen and oxygen atoms in total. The fourth-order valence-electron chi connectivity index (χ4n) is 3.34. The molecule has 0 bridgehead atoms. The molecule has 0 saturated heterocycles. The number of methoxy groups -OCH3 is 1. The molecule has 2 atom stereocenters. The molecule has 2 aromatic rings. The Balaban J connectivity index is 0.000000525. The van der Waals surface area contributed by atoms with E-state index < -0.39 is 29.9 Å². The molecule has 0 aliphatic heterocycles. The molecular weight excluding hydrogens is 502 g/mol. The van der Waals surface area contributed by atoms with Gasteiger partial charge in [-0.1, -0.05) is 51.1 Å². The molecule has 0 aromatic heterocycles. The van der Waals surface area contributed by atoms with Crippen molar-refractivity contribution in [2.45, 2.75) is 59.0 Å². The molecule has 0 spiro atoms. The van der Waals surface area contributed by atoms with Gasteiger partial charge < -0.3 is 30.9 Å². The molecule has 0 fully saturated rings. The van der Waals surface area contributed by atoms with Crippen molar-refractivity contribution in [2.24, 2.45) is 5.41 Å². The Hall–Kier alpha value is -3.92. The summed E-state index contributed by atoms with van der Waals surface area (Å²) >= 11 is 0. The average molecular weight is 544 g/mol. The Morgan fingerprint density at radius 1 is 0.974 bits per heavy atom. The summed E-state index contributed by atoms with van der Waals surface area (Å²) in [6, 6.07) is 14.1. The van der Waals surface area contributed by atoms with Gasteiger partial charge in [-0.15, -0.1) is 0 Å². The van der Waals surface area contributed by atoms with Crippen LogP contribution in [0.1, 0.15) is 56.5 Å². The van der Waals surface area contributed by atoms with Crippen LogP contribution in [0.15, 0.2) is 54.6 Å². The first-order valence-corrected chi connectivity index (χ1v) is 12.8. The van der Waals surface area contributed by atoms with Gasteiger partial charge in [0.15, 0.2) is 0 Å². The van der Waals surface area contributed by atoms with Crippen molar-refractivity contribution < 1.29 is 33.8 Å². The minimum Gasteiger partial charge on any atom is -0.481 e. The highest BCUT2D eigenvalue weighted by atomic mass is 16.5. The second-order valence-electron chi connectivity index (χ2n) is 10.0. The second kappa shape index (κ2) is 16.8. The van der Waals surface area contributed by atoms with Gasteiger partial charge in [0, 0.05) is 12.1 Å². The third-order valence-corrected chi connectivity index (χ3v) is 5.47. The molecule has 2 rings (SSSR count). The van der Waals surface area contributed by atoms with Gasteiger partial charge in [-0.2, -0.15) is 0 Å². The summed E-state index contributed by atoms with van der Waals surface area (Å²) in [6.45, 7) is 8.85. The van der Waals surface area contributed by atoms with Crippen molar-refractivity contribution in [3.05, 3.63) is 65.7 Å². The third kappa shape index (κ3) is 14.0. The van der Waals surface area contributed by atoms with Crippen LogP contribution in [-0.4, -0.2) is 61.3 Å². The number of nitrogen functional groups attached to an aromatic ring is 1. The smallest absolute Gasteiger partial charge is 0.338 e. The van der Waals surface area contributed by atoms with Crippen LogP contribution in [0.25, 0.3) is 0 Å². The van der Waals surface area contributed by atoms with Crippen molar-refractivity contribution in [1.29, 1.82) is 0 Å². The number of aliphatic carboxylic acids is 1. The number of esters is 2. The Bertz CT molecular complexity index is 1050. The molecule has 10 heteroatoms. The lowest BCUT2D eigenvalue weighted by Crippen LogP contribution is -2.52. The van der Waals surface area contributed by atoms with Crippen LogP contribution < -0.4 is 16.4 Å². The number of nitrogens with one attached hydrogen (secondary N) is 2. The molecule has 0 aliphatic rings. The number of hydrogen-bond donors (Lipinski definition) is 4. The number of carbonyl (C=O) groups is 4. The second-order valence-corrected chi connectivity index (χ2v) is 10.0. The number of ether oxygens (including phenoxy) is 2. The highest BCUT2D eigenvalue weighted by Crippen LogP contribution is 2.17. The monoisotopic (exact) mass is 543 g/mol. The van der Waals surface area contributed by atoms with E-state index in [4.69, 9.17) is 20.3 Å². The zero-order valence-electron chi connectivity index (χ0n) is 23.4. The van der Waals surface area contributed by atoms with Crippen LogP contribution in [0.3, 0.4) is 0 Å². The number of carboxylic acid groups (broad SMARTS) is 1.